The third-order valence-corrected chi connectivity index (χ3v) is 5.57. The van der Waals surface area contributed by atoms with Crippen LogP contribution in [0.3, 0.4) is 0 Å². The highest BCUT2D eigenvalue weighted by molar-refractivity contribution is 9.10. The van der Waals surface area contributed by atoms with Crippen LogP contribution in [0.1, 0.15) is 11.1 Å². The number of aromatic nitrogens is 1. The van der Waals surface area contributed by atoms with E-state index < -0.39 is 23.7 Å². The Balaban J connectivity index is 1.81. The molecular weight excluding hydrogens is 476 g/mol. The third kappa shape index (κ3) is 5.00. The standard InChI is InChI=1S/C20H17BrN2O6S/c1-27-15-8-13(7-14(21)18(15)29-11-12-3-5-22-6-4-12)9-16-19(25)23(20(26)30-16)10-17(24)28-2/h3-9H,10-11H2,1-2H3/b16-9-. The van der Waals surface area contributed by atoms with Gasteiger partial charge in [-0.15, -0.1) is 0 Å². The van der Waals surface area contributed by atoms with Crippen molar-refractivity contribution in [1.82, 2.24) is 9.88 Å². The maximum atomic E-state index is 12.5. The molecule has 1 aliphatic rings. The van der Waals surface area contributed by atoms with E-state index in [-0.39, 0.29) is 4.91 Å². The number of thioether (sulfide) groups is 1. The summed E-state index contributed by atoms with van der Waals surface area (Å²) in [6.07, 6.45) is 4.92. The summed E-state index contributed by atoms with van der Waals surface area (Å²) < 4.78 is 16.4. The molecule has 0 spiro atoms. The van der Waals surface area contributed by atoms with Crippen LogP contribution in [-0.4, -0.2) is 47.8 Å². The third-order valence-electron chi connectivity index (χ3n) is 4.07. The quantitative estimate of drug-likeness (QED) is 0.426. The zero-order valence-corrected chi connectivity index (χ0v) is 18.5. The summed E-state index contributed by atoms with van der Waals surface area (Å²) >= 11 is 4.22. The molecule has 3 rings (SSSR count). The first-order valence-corrected chi connectivity index (χ1v) is 10.2. The number of carbonyl (C=O) groups is 3. The topological polar surface area (TPSA) is 95.0 Å². The van der Waals surface area contributed by atoms with Gasteiger partial charge in [0.1, 0.15) is 13.2 Å². The predicted octanol–water partition coefficient (Wildman–Crippen LogP) is 3.64. The molecule has 0 unspecified atom stereocenters. The number of carbonyl (C=O) groups excluding carboxylic acids is 3. The Labute approximate surface area is 185 Å². The summed E-state index contributed by atoms with van der Waals surface area (Å²) in [6.45, 7) is -0.101. The van der Waals surface area contributed by atoms with Crippen molar-refractivity contribution < 1.29 is 28.6 Å². The maximum absolute atomic E-state index is 12.5. The van der Waals surface area contributed by atoms with Crippen LogP contribution in [0.4, 0.5) is 4.79 Å². The van der Waals surface area contributed by atoms with Crippen LogP contribution in [0.15, 0.2) is 46.0 Å². The van der Waals surface area contributed by atoms with E-state index in [1.165, 1.54) is 14.2 Å². The fourth-order valence-electron chi connectivity index (χ4n) is 2.58. The zero-order chi connectivity index (χ0) is 21.7. The highest BCUT2D eigenvalue weighted by Crippen LogP contribution is 2.39. The summed E-state index contributed by atoms with van der Waals surface area (Å²) in [6, 6.07) is 7.14. The number of nitrogens with zero attached hydrogens (tertiary/aromatic N) is 2. The van der Waals surface area contributed by atoms with Crippen LogP contribution >= 0.6 is 27.7 Å². The number of methoxy groups -OCH3 is 2. The molecule has 8 nitrogen and oxygen atoms in total. The predicted molar refractivity (Wildman–Crippen MR) is 114 cm³/mol. The molecule has 156 valence electrons. The number of pyridine rings is 1. The SMILES string of the molecule is COC(=O)CN1C(=O)S/C(=C\c2cc(Br)c(OCc3ccncc3)c(OC)c2)C1=O. The van der Waals surface area contributed by atoms with Gasteiger partial charge in [-0.25, -0.2) is 0 Å². The van der Waals surface area contributed by atoms with E-state index in [1.54, 1.807) is 30.6 Å². The Morgan fingerprint density at radius 3 is 2.63 bits per heavy atom. The van der Waals surface area contributed by atoms with Crippen molar-refractivity contribution in [1.29, 1.82) is 0 Å². The van der Waals surface area contributed by atoms with Gasteiger partial charge in [-0.1, -0.05) is 0 Å². The number of hydrogen-bond acceptors (Lipinski definition) is 8. The van der Waals surface area contributed by atoms with Crippen molar-refractivity contribution in [2.45, 2.75) is 6.61 Å². The first-order chi connectivity index (χ1) is 14.4. The number of rotatable bonds is 7. The molecule has 2 amide bonds. The lowest BCUT2D eigenvalue weighted by atomic mass is 10.1. The number of amides is 2. The molecule has 10 heteroatoms. The molecule has 30 heavy (non-hydrogen) atoms. The molecule has 0 saturated carbocycles. The number of imide groups is 1. The van der Waals surface area contributed by atoms with E-state index in [0.717, 1.165) is 22.2 Å². The van der Waals surface area contributed by atoms with Gasteiger partial charge in [0.05, 0.1) is 23.6 Å². The number of halogens is 1. The van der Waals surface area contributed by atoms with Crippen LogP contribution in [0, 0.1) is 0 Å². The summed E-state index contributed by atoms with van der Waals surface area (Å²) in [5.74, 6) is -0.258. The summed E-state index contributed by atoms with van der Waals surface area (Å²) in [7, 11) is 2.70. The zero-order valence-electron chi connectivity index (χ0n) is 16.1. The van der Waals surface area contributed by atoms with E-state index in [4.69, 9.17) is 9.47 Å². The second-order valence-corrected chi connectivity index (χ2v) is 7.87. The molecule has 0 N–H and O–H groups in total. The second-order valence-electron chi connectivity index (χ2n) is 6.02. The molecule has 1 fully saturated rings. The summed E-state index contributed by atoms with van der Waals surface area (Å²) in [5, 5.41) is -0.528. The Morgan fingerprint density at radius 1 is 1.23 bits per heavy atom. The molecule has 1 aromatic carbocycles. The lowest BCUT2D eigenvalue weighted by molar-refractivity contribution is -0.143. The van der Waals surface area contributed by atoms with Crippen LogP contribution in [0.5, 0.6) is 11.5 Å². The fraction of sp³-hybridized carbons (Fsp3) is 0.200. The van der Waals surface area contributed by atoms with Crippen molar-refractivity contribution in [3.8, 4) is 11.5 Å². The molecule has 2 heterocycles. The van der Waals surface area contributed by atoms with Crippen molar-refractivity contribution in [3.63, 3.8) is 0 Å². The minimum absolute atomic E-state index is 0.198. The van der Waals surface area contributed by atoms with Gasteiger partial charge in [0.15, 0.2) is 11.5 Å². The summed E-state index contributed by atoms with van der Waals surface area (Å²) in [5.41, 5.74) is 1.57. The molecule has 1 aliphatic heterocycles. The van der Waals surface area contributed by atoms with Gasteiger partial charge >= 0.3 is 5.97 Å². The highest BCUT2D eigenvalue weighted by atomic mass is 79.9. The van der Waals surface area contributed by atoms with Crippen molar-refractivity contribution in [3.05, 3.63) is 57.2 Å². The lowest BCUT2D eigenvalue weighted by Gasteiger charge is -2.14. The Morgan fingerprint density at radius 2 is 1.97 bits per heavy atom. The molecule has 0 aliphatic carbocycles. The smallest absolute Gasteiger partial charge is 0.325 e. The minimum atomic E-state index is -0.668. The number of benzene rings is 1. The van der Waals surface area contributed by atoms with Gasteiger partial charge in [-0.05, 0) is 69.2 Å². The molecule has 0 bridgehead atoms. The normalized spacial score (nSPS) is 14.9. The molecule has 2 aromatic rings. The molecular formula is C20H17BrN2O6S. The lowest BCUT2D eigenvalue weighted by Crippen LogP contribution is -2.34. The Hall–Kier alpha value is -2.85. The first kappa shape index (κ1) is 21.8. The van der Waals surface area contributed by atoms with E-state index in [1.807, 2.05) is 12.1 Å². The van der Waals surface area contributed by atoms with Gasteiger partial charge in [0, 0.05) is 12.4 Å². The van der Waals surface area contributed by atoms with Gasteiger partial charge in [0.25, 0.3) is 11.1 Å². The van der Waals surface area contributed by atoms with Crippen LogP contribution in [0.2, 0.25) is 0 Å². The Bertz CT molecular complexity index is 1010. The number of ether oxygens (including phenoxy) is 3. The van der Waals surface area contributed by atoms with Gasteiger partial charge in [-0.2, -0.15) is 0 Å². The maximum Gasteiger partial charge on any atom is 0.325 e. The van der Waals surface area contributed by atoms with E-state index >= 15 is 0 Å². The Kier molecular flexibility index (Phi) is 7.11. The summed E-state index contributed by atoms with van der Waals surface area (Å²) in [4.78, 5) is 41.0. The van der Waals surface area contributed by atoms with E-state index in [9.17, 15) is 14.4 Å². The average Bonchev–Trinajstić information content (AvgIpc) is 3.00. The van der Waals surface area contributed by atoms with Gasteiger partial charge in [-0.3, -0.25) is 24.3 Å². The molecule has 1 saturated heterocycles. The average molecular weight is 493 g/mol. The largest absolute Gasteiger partial charge is 0.493 e. The van der Waals surface area contributed by atoms with Crippen LogP contribution in [0.25, 0.3) is 6.08 Å². The van der Waals surface area contributed by atoms with Crippen LogP contribution in [-0.2, 0) is 20.9 Å². The van der Waals surface area contributed by atoms with Gasteiger partial charge < -0.3 is 14.2 Å². The van der Waals surface area contributed by atoms with Crippen molar-refractivity contribution in [2.24, 2.45) is 0 Å². The van der Waals surface area contributed by atoms with Crippen LogP contribution < -0.4 is 9.47 Å². The van der Waals surface area contributed by atoms with E-state index in [2.05, 4.69) is 25.7 Å². The first-order valence-electron chi connectivity index (χ1n) is 8.64. The van der Waals surface area contributed by atoms with Crippen molar-refractivity contribution >= 4 is 50.9 Å². The molecule has 0 radical (unpaired) electrons. The minimum Gasteiger partial charge on any atom is -0.493 e. The number of esters is 1. The highest BCUT2D eigenvalue weighted by Gasteiger charge is 2.36. The monoisotopic (exact) mass is 492 g/mol. The number of hydrogen-bond donors (Lipinski definition) is 0. The van der Waals surface area contributed by atoms with Gasteiger partial charge in [0.2, 0.25) is 0 Å². The fourth-order valence-corrected chi connectivity index (χ4v) is 3.99. The second kappa shape index (κ2) is 9.77. The molecule has 0 atom stereocenters. The molecule has 1 aromatic heterocycles. The van der Waals surface area contributed by atoms with Crippen molar-refractivity contribution in [2.75, 3.05) is 20.8 Å². The van der Waals surface area contributed by atoms with E-state index in [0.29, 0.717) is 28.1 Å².